The van der Waals surface area contributed by atoms with Crippen LogP contribution in [0.3, 0.4) is 0 Å². The fraction of sp³-hybridized carbons (Fsp3) is 1.00. The lowest BCUT2D eigenvalue weighted by Crippen LogP contribution is -2.57. The third kappa shape index (κ3) is 3.33. The second-order valence-electron chi connectivity index (χ2n) is 7.26. The zero-order chi connectivity index (χ0) is 13.0. The van der Waals surface area contributed by atoms with Crippen molar-refractivity contribution in [1.29, 1.82) is 0 Å². The second kappa shape index (κ2) is 6.58. The molecule has 0 aromatic heterocycles. The standard InChI is InChI=1S/C17H32N2/c1-3-10-17(11-4-1,19-12-5-2-6-13-19)15-18-14-16-8-7-9-16/h16,18H,1-15H2. The molecule has 0 atom stereocenters. The van der Waals surface area contributed by atoms with Gasteiger partial charge in [-0.25, -0.2) is 0 Å². The zero-order valence-corrected chi connectivity index (χ0v) is 12.6. The Balaban J connectivity index is 1.54. The van der Waals surface area contributed by atoms with E-state index >= 15 is 0 Å². The minimum Gasteiger partial charge on any atom is -0.315 e. The van der Waals surface area contributed by atoms with E-state index in [4.69, 9.17) is 0 Å². The minimum absolute atomic E-state index is 0.530. The van der Waals surface area contributed by atoms with Crippen molar-refractivity contribution < 1.29 is 0 Å². The van der Waals surface area contributed by atoms with Crippen molar-refractivity contribution in [1.82, 2.24) is 10.2 Å². The van der Waals surface area contributed by atoms with Gasteiger partial charge >= 0.3 is 0 Å². The molecular weight excluding hydrogens is 232 g/mol. The Morgan fingerprint density at radius 1 is 0.842 bits per heavy atom. The molecule has 19 heavy (non-hydrogen) atoms. The molecule has 110 valence electrons. The van der Waals surface area contributed by atoms with Crippen LogP contribution in [0.15, 0.2) is 0 Å². The second-order valence-corrected chi connectivity index (χ2v) is 7.26. The van der Waals surface area contributed by atoms with Gasteiger partial charge in [-0.15, -0.1) is 0 Å². The van der Waals surface area contributed by atoms with Crippen LogP contribution in [0.1, 0.15) is 70.6 Å². The molecular formula is C17H32N2. The molecule has 0 unspecified atom stereocenters. The summed E-state index contributed by atoms with van der Waals surface area (Å²) in [5.74, 6) is 1.00. The number of hydrogen-bond donors (Lipinski definition) is 1. The zero-order valence-electron chi connectivity index (χ0n) is 12.6. The van der Waals surface area contributed by atoms with Crippen molar-refractivity contribution in [2.45, 2.75) is 76.2 Å². The van der Waals surface area contributed by atoms with E-state index in [0.717, 1.165) is 5.92 Å². The predicted octanol–water partition coefficient (Wildman–Crippen LogP) is 3.56. The number of nitrogens with zero attached hydrogens (tertiary/aromatic N) is 1. The lowest BCUT2D eigenvalue weighted by molar-refractivity contribution is 0.0322. The van der Waals surface area contributed by atoms with Crippen LogP contribution in [0.2, 0.25) is 0 Å². The smallest absolute Gasteiger partial charge is 0.0333 e. The summed E-state index contributed by atoms with van der Waals surface area (Å²) in [6.45, 7) is 5.29. The maximum atomic E-state index is 3.85. The van der Waals surface area contributed by atoms with E-state index in [-0.39, 0.29) is 0 Å². The molecule has 1 saturated heterocycles. The summed E-state index contributed by atoms with van der Waals surface area (Å²) in [6.07, 6.45) is 16.0. The van der Waals surface area contributed by atoms with Crippen molar-refractivity contribution in [3.05, 3.63) is 0 Å². The number of likely N-dealkylation sites (tertiary alicyclic amines) is 1. The highest BCUT2D eigenvalue weighted by atomic mass is 15.2. The molecule has 0 radical (unpaired) electrons. The number of rotatable bonds is 5. The van der Waals surface area contributed by atoms with Crippen LogP contribution in [0, 0.1) is 5.92 Å². The van der Waals surface area contributed by atoms with Crippen LogP contribution in [0.25, 0.3) is 0 Å². The first-order chi connectivity index (χ1) is 9.39. The van der Waals surface area contributed by atoms with E-state index in [1.165, 1.54) is 96.8 Å². The summed E-state index contributed by atoms with van der Waals surface area (Å²) < 4.78 is 0. The Morgan fingerprint density at radius 2 is 1.53 bits per heavy atom. The van der Waals surface area contributed by atoms with E-state index in [1.807, 2.05) is 0 Å². The number of nitrogens with one attached hydrogen (secondary N) is 1. The summed E-state index contributed by atoms with van der Waals surface area (Å²) in [5, 5.41) is 3.85. The lowest BCUT2D eigenvalue weighted by atomic mass is 9.78. The summed E-state index contributed by atoms with van der Waals surface area (Å²) in [5.41, 5.74) is 0.530. The monoisotopic (exact) mass is 264 g/mol. The van der Waals surface area contributed by atoms with Gasteiger partial charge in [0.05, 0.1) is 0 Å². The minimum atomic E-state index is 0.530. The van der Waals surface area contributed by atoms with Gasteiger partial charge in [-0.1, -0.05) is 32.1 Å². The van der Waals surface area contributed by atoms with Crippen molar-refractivity contribution in [2.75, 3.05) is 26.2 Å². The maximum Gasteiger partial charge on any atom is 0.0333 e. The summed E-state index contributed by atoms with van der Waals surface area (Å²) in [4.78, 5) is 2.86. The molecule has 1 heterocycles. The van der Waals surface area contributed by atoms with Gasteiger partial charge in [0.15, 0.2) is 0 Å². The first kappa shape index (κ1) is 13.9. The molecule has 0 spiro atoms. The Morgan fingerprint density at radius 3 is 2.16 bits per heavy atom. The first-order valence-corrected chi connectivity index (χ1v) is 8.85. The van der Waals surface area contributed by atoms with Crippen LogP contribution in [0.4, 0.5) is 0 Å². The highest BCUT2D eigenvalue weighted by molar-refractivity contribution is 4.96. The van der Waals surface area contributed by atoms with Gasteiger partial charge < -0.3 is 5.32 Å². The molecule has 2 nitrogen and oxygen atoms in total. The number of hydrogen-bond acceptors (Lipinski definition) is 2. The highest BCUT2D eigenvalue weighted by Gasteiger charge is 2.38. The Hall–Kier alpha value is -0.0800. The number of piperidine rings is 1. The summed E-state index contributed by atoms with van der Waals surface area (Å²) in [6, 6.07) is 0. The molecule has 0 bridgehead atoms. The molecule has 3 rings (SSSR count). The first-order valence-electron chi connectivity index (χ1n) is 8.85. The summed E-state index contributed by atoms with van der Waals surface area (Å²) in [7, 11) is 0. The van der Waals surface area contributed by atoms with Gasteiger partial charge in [-0.3, -0.25) is 4.90 Å². The molecule has 2 saturated carbocycles. The Bertz CT molecular complexity index is 260. The average molecular weight is 264 g/mol. The van der Waals surface area contributed by atoms with Gasteiger partial charge in [-0.2, -0.15) is 0 Å². The van der Waals surface area contributed by atoms with Crippen LogP contribution >= 0.6 is 0 Å². The quantitative estimate of drug-likeness (QED) is 0.816. The molecule has 1 aliphatic heterocycles. The maximum absolute atomic E-state index is 3.85. The Labute approximate surface area is 119 Å². The topological polar surface area (TPSA) is 15.3 Å². The normalized spacial score (nSPS) is 29.1. The molecule has 2 heteroatoms. The van der Waals surface area contributed by atoms with Crippen molar-refractivity contribution >= 4 is 0 Å². The fourth-order valence-electron chi connectivity index (χ4n) is 4.39. The SMILES string of the molecule is C1CCN(C2(CNCC3CCC3)CCCCC2)CC1. The van der Waals surface area contributed by atoms with Crippen LogP contribution in [-0.4, -0.2) is 36.6 Å². The average Bonchev–Trinajstić information content (AvgIpc) is 2.44. The largest absolute Gasteiger partial charge is 0.315 e. The van der Waals surface area contributed by atoms with Gasteiger partial charge in [0, 0.05) is 12.1 Å². The molecule has 0 aromatic carbocycles. The fourth-order valence-corrected chi connectivity index (χ4v) is 4.39. The summed E-state index contributed by atoms with van der Waals surface area (Å²) >= 11 is 0. The lowest BCUT2D eigenvalue weighted by Gasteiger charge is -2.49. The molecule has 3 fully saturated rings. The Kier molecular flexibility index (Phi) is 4.81. The van der Waals surface area contributed by atoms with Gasteiger partial charge in [0.1, 0.15) is 0 Å². The molecule has 0 aromatic rings. The third-order valence-corrected chi connectivity index (χ3v) is 5.92. The van der Waals surface area contributed by atoms with E-state index in [2.05, 4.69) is 10.2 Å². The van der Waals surface area contributed by atoms with E-state index in [9.17, 15) is 0 Å². The third-order valence-electron chi connectivity index (χ3n) is 5.92. The van der Waals surface area contributed by atoms with Gasteiger partial charge in [0.2, 0.25) is 0 Å². The van der Waals surface area contributed by atoms with E-state index < -0.39 is 0 Å². The highest BCUT2D eigenvalue weighted by Crippen LogP contribution is 2.35. The van der Waals surface area contributed by atoms with Crippen molar-refractivity contribution in [3.8, 4) is 0 Å². The molecule has 0 amide bonds. The van der Waals surface area contributed by atoms with Crippen LogP contribution < -0.4 is 5.32 Å². The van der Waals surface area contributed by atoms with E-state index in [0.29, 0.717) is 5.54 Å². The predicted molar refractivity (Wildman–Crippen MR) is 81.5 cm³/mol. The molecule has 2 aliphatic carbocycles. The van der Waals surface area contributed by atoms with Gasteiger partial charge in [0.25, 0.3) is 0 Å². The van der Waals surface area contributed by atoms with Crippen molar-refractivity contribution in [3.63, 3.8) is 0 Å². The van der Waals surface area contributed by atoms with Crippen LogP contribution in [0.5, 0.6) is 0 Å². The van der Waals surface area contributed by atoms with E-state index in [1.54, 1.807) is 0 Å². The van der Waals surface area contributed by atoms with Crippen molar-refractivity contribution in [2.24, 2.45) is 5.92 Å². The van der Waals surface area contributed by atoms with Gasteiger partial charge in [-0.05, 0) is 64.1 Å². The van der Waals surface area contributed by atoms with Crippen LogP contribution in [-0.2, 0) is 0 Å². The molecule has 3 aliphatic rings. The molecule has 1 N–H and O–H groups in total.